The van der Waals surface area contributed by atoms with Gasteiger partial charge in [-0.15, -0.1) is 23.2 Å². The molecule has 0 radical (unpaired) electrons. The molecule has 12 heteroatoms. The first kappa shape index (κ1) is 35.5. The number of amides is 3. The highest BCUT2D eigenvalue weighted by molar-refractivity contribution is 6.19. The lowest BCUT2D eigenvalue weighted by Crippen LogP contribution is -2.31. The molecule has 0 unspecified atom stereocenters. The summed E-state index contributed by atoms with van der Waals surface area (Å²) in [6, 6.07) is 24.1. The predicted octanol–water partition coefficient (Wildman–Crippen LogP) is 7.67. The van der Waals surface area contributed by atoms with Gasteiger partial charge in [0.1, 0.15) is 11.3 Å². The smallest absolute Gasteiger partial charge is 0.323 e. The van der Waals surface area contributed by atoms with Gasteiger partial charge in [0, 0.05) is 71.5 Å². The number of aromatic nitrogens is 1. The first-order valence-electron chi connectivity index (χ1n) is 16.0. The van der Waals surface area contributed by atoms with Crippen molar-refractivity contribution in [3.63, 3.8) is 0 Å². The number of alkyl halides is 2. The number of methoxy groups -OCH3 is 1. The van der Waals surface area contributed by atoms with Gasteiger partial charge in [-0.3, -0.25) is 4.79 Å². The second-order valence-electron chi connectivity index (χ2n) is 11.7. The van der Waals surface area contributed by atoms with E-state index < -0.39 is 0 Å². The van der Waals surface area contributed by atoms with Crippen LogP contribution in [0.15, 0.2) is 78.9 Å². The molecule has 4 N–H and O–H groups in total. The quantitative estimate of drug-likeness (QED) is 0.0695. The average molecular weight is 703 g/mol. The van der Waals surface area contributed by atoms with E-state index in [0.717, 1.165) is 33.4 Å². The molecule has 0 bridgehead atoms. The van der Waals surface area contributed by atoms with Crippen LogP contribution in [0.4, 0.5) is 33.2 Å². The summed E-state index contributed by atoms with van der Waals surface area (Å²) in [6.07, 6.45) is 0. The molecule has 0 aliphatic rings. The standard InChI is InChI=1S/C37H41Cl2N7O3/c1-24-11-12-26(42-37(48)41-25-13-15-27(16-14-25)46(20-17-38)21-18-39)23-31(24)43-33-28-7-5-9-30(36(47)40-19-22-45(2)3)34(28)44-35-29(33)8-6-10-32(35)49-4/h5-16,23H,17-22H2,1-4H3,(H,40,47)(H,43,44)(H2,41,42,48). The van der Waals surface area contributed by atoms with Crippen LogP contribution in [0.2, 0.25) is 0 Å². The maximum atomic E-state index is 13.4. The first-order chi connectivity index (χ1) is 23.7. The Balaban J connectivity index is 1.43. The summed E-state index contributed by atoms with van der Waals surface area (Å²) in [5.74, 6) is 1.37. The molecular weight excluding hydrogens is 661 g/mol. The van der Waals surface area contributed by atoms with Gasteiger partial charge in [0.05, 0.1) is 23.9 Å². The number of hydrogen-bond acceptors (Lipinski definition) is 7. The molecule has 1 heterocycles. The molecule has 256 valence electrons. The summed E-state index contributed by atoms with van der Waals surface area (Å²) < 4.78 is 5.68. The van der Waals surface area contributed by atoms with E-state index >= 15 is 0 Å². The van der Waals surface area contributed by atoms with Crippen LogP contribution in [0.25, 0.3) is 21.8 Å². The van der Waals surface area contributed by atoms with E-state index in [1.54, 1.807) is 13.2 Å². The molecule has 10 nitrogen and oxygen atoms in total. The summed E-state index contributed by atoms with van der Waals surface area (Å²) >= 11 is 11.9. The number of para-hydroxylation sites is 2. The summed E-state index contributed by atoms with van der Waals surface area (Å²) in [6.45, 7) is 4.56. The van der Waals surface area contributed by atoms with Gasteiger partial charge in [-0.25, -0.2) is 9.78 Å². The Morgan fingerprint density at radius 3 is 2.14 bits per heavy atom. The number of pyridine rings is 1. The highest BCUT2D eigenvalue weighted by Gasteiger charge is 2.19. The number of halogens is 2. The molecule has 49 heavy (non-hydrogen) atoms. The summed E-state index contributed by atoms with van der Waals surface area (Å²) in [4.78, 5) is 35.5. The van der Waals surface area contributed by atoms with Crippen LogP contribution in [0.5, 0.6) is 5.75 Å². The number of rotatable bonds is 14. The number of hydrogen-bond donors (Lipinski definition) is 4. The van der Waals surface area contributed by atoms with Crippen molar-refractivity contribution in [1.29, 1.82) is 0 Å². The minimum absolute atomic E-state index is 0.203. The zero-order valence-corrected chi connectivity index (χ0v) is 29.6. The van der Waals surface area contributed by atoms with E-state index in [0.29, 0.717) is 71.7 Å². The number of carbonyl (C=O) groups excluding carboxylic acids is 2. The number of anilines is 5. The number of carbonyl (C=O) groups is 2. The number of ether oxygens (including phenoxy) is 1. The lowest BCUT2D eigenvalue weighted by molar-refractivity contribution is 0.0952. The Kier molecular flexibility index (Phi) is 12.0. The van der Waals surface area contributed by atoms with Gasteiger partial charge in [-0.2, -0.15) is 0 Å². The van der Waals surface area contributed by atoms with Crippen LogP contribution in [0, 0.1) is 6.92 Å². The molecule has 5 rings (SSSR count). The number of urea groups is 1. The fourth-order valence-electron chi connectivity index (χ4n) is 5.53. The fourth-order valence-corrected chi connectivity index (χ4v) is 5.93. The third-order valence-electron chi connectivity index (χ3n) is 8.06. The molecule has 0 aliphatic heterocycles. The van der Waals surface area contributed by atoms with E-state index in [1.807, 2.05) is 98.7 Å². The number of nitrogens with zero attached hydrogens (tertiary/aromatic N) is 3. The lowest BCUT2D eigenvalue weighted by atomic mass is 10.0. The molecule has 0 fully saturated rings. The van der Waals surface area contributed by atoms with Crippen LogP contribution >= 0.6 is 23.2 Å². The number of likely N-dealkylation sites (N-methyl/N-ethyl adjacent to an activating group) is 1. The van der Waals surface area contributed by atoms with Crippen molar-refractivity contribution in [2.45, 2.75) is 6.92 Å². The van der Waals surface area contributed by atoms with Gasteiger partial charge in [-0.1, -0.05) is 30.3 Å². The maximum absolute atomic E-state index is 13.4. The minimum atomic E-state index is -0.379. The van der Waals surface area contributed by atoms with Crippen LogP contribution in [0.3, 0.4) is 0 Å². The molecule has 1 aromatic heterocycles. The van der Waals surface area contributed by atoms with Crippen molar-refractivity contribution in [1.82, 2.24) is 15.2 Å². The fraction of sp³-hybridized carbons (Fsp3) is 0.270. The molecule has 0 spiro atoms. The Hall–Kier alpha value is -4.77. The first-order valence-corrected chi connectivity index (χ1v) is 17.0. The molecule has 0 atom stereocenters. The highest BCUT2D eigenvalue weighted by atomic mass is 35.5. The van der Waals surface area contributed by atoms with Crippen LogP contribution in [-0.4, -0.2) is 81.0 Å². The number of aryl methyl sites for hydroxylation is 1. The van der Waals surface area contributed by atoms with Crippen LogP contribution in [-0.2, 0) is 0 Å². The van der Waals surface area contributed by atoms with Gasteiger partial charge in [0.25, 0.3) is 5.91 Å². The van der Waals surface area contributed by atoms with Gasteiger partial charge >= 0.3 is 6.03 Å². The monoisotopic (exact) mass is 701 g/mol. The average Bonchev–Trinajstić information content (AvgIpc) is 3.09. The Labute approximate surface area is 296 Å². The van der Waals surface area contributed by atoms with Crippen molar-refractivity contribution in [3.8, 4) is 5.75 Å². The molecule has 0 saturated heterocycles. The summed E-state index contributed by atoms with van der Waals surface area (Å²) in [5.41, 5.74) is 6.37. The third kappa shape index (κ3) is 8.64. The van der Waals surface area contributed by atoms with Crippen molar-refractivity contribution in [2.75, 3.05) is 80.0 Å². The minimum Gasteiger partial charge on any atom is -0.494 e. The van der Waals surface area contributed by atoms with Crippen molar-refractivity contribution >= 4 is 85.4 Å². The SMILES string of the molecule is COc1cccc2c(Nc3cc(NC(=O)Nc4ccc(N(CCCl)CCCl)cc4)ccc3C)c3cccc(C(=O)NCCN(C)C)c3nc12. The van der Waals surface area contributed by atoms with E-state index in [4.69, 9.17) is 32.9 Å². The topological polar surface area (TPSA) is 111 Å². The van der Waals surface area contributed by atoms with E-state index in [9.17, 15) is 9.59 Å². The Bertz CT molecular complexity index is 1930. The van der Waals surface area contributed by atoms with Gasteiger partial charge in [0.15, 0.2) is 0 Å². The van der Waals surface area contributed by atoms with Crippen LogP contribution < -0.4 is 30.9 Å². The third-order valence-corrected chi connectivity index (χ3v) is 8.40. The molecule has 0 aliphatic carbocycles. The maximum Gasteiger partial charge on any atom is 0.323 e. The largest absolute Gasteiger partial charge is 0.494 e. The van der Waals surface area contributed by atoms with Crippen LogP contribution in [0.1, 0.15) is 15.9 Å². The van der Waals surface area contributed by atoms with Gasteiger partial charge in [0.2, 0.25) is 0 Å². The van der Waals surface area contributed by atoms with Crippen molar-refractivity contribution < 1.29 is 14.3 Å². The van der Waals surface area contributed by atoms with Crippen molar-refractivity contribution in [2.24, 2.45) is 0 Å². The van der Waals surface area contributed by atoms with E-state index in [1.165, 1.54) is 0 Å². The number of benzene rings is 4. The Morgan fingerprint density at radius 1 is 0.816 bits per heavy atom. The second-order valence-corrected chi connectivity index (χ2v) is 12.5. The summed E-state index contributed by atoms with van der Waals surface area (Å²) in [5, 5.41) is 14.1. The summed E-state index contributed by atoms with van der Waals surface area (Å²) in [7, 11) is 5.52. The van der Waals surface area contributed by atoms with E-state index in [-0.39, 0.29) is 11.9 Å². The zero-order valence-electron chi connectivity index (χ0n) is 28.1. The van der Waals surface area contributed by atoms with Crippen molar-refractivity contribution in [3.05, 3.63) is 90.0 Å². The predicted molar refractivity (Wildman–Crippen MR) is 204 cm³/mol. The zero-order chi connectivity index (χ0) is 34.9. The highest BCUT2D eigenvalue weighted by Crippen LogP contribution is 2.38. The molecule has 0 saturated carbocycles. The van der Waals surface area contributed by atoms with Gasteiger partial charge < -0.3 is 35.8 Å². The molecule has 4 aromatic carbocycles. The Morgan fingerprint density at radius 2 is 1.47 bits per heavy atom. The molecular formula is C37H41Cl2N7O3. The number of fused-ring (bicyclic) bond motifs is 2. The normalized spacial score (nSPS) is 11.1. The molecule has 5 aromatic rings. The van der Waals surface area contributed by atoms with Gasteiger partial charge in [-0.05, 0) is 75.1 Å². The second kappa shape index (κ2) is 16.6. The number of nitrogens with one attached hydrogen (secondary N) is 4. The molecule has 3 amide bonds. The lowest BCUT2D eigenvalue weighted by Gasteiger charge is -2.23. The van der Waals surface area contributed by atoms with E-state index in [2.05, 4.69) is 26.2 Å².